The van der Waals surface area contributed by atoms with Crippen LogP contribution in [0, 0.1) is 0 Å². The topological polar surface area (TPSA) is 34.1 Å². The van der Waals surface area contributed by atoms with Gasteiger partial charge in [-0.1, -0.05) is 6.07 Å². The third kappa shape index (κ3) is 6.21. The molecule has 0 bridgehead atoms. The Morgan fingerprint density at radius 1 is 0.933 bits per heavy atom. The van der Waals surface area contributed by atoms with E-state index in [-0.39, 0.29) is 31.9 Å². The molecule has 2 rings (SSSR count). The minimum absolute atomic E-state index is 0. The summed E-state index contributed by atoms with van der Waals surface area (Å²) >= 11 is 0. The standard InChI is InChI=1S/C9H7.2CH2O.ClH.Ru/c1-2-5-9-7-3-6-8(9)4-1;2*1-2;;/h1-7H;2*1H2;1H;/q-1;;;;+2/p-1. The molecule has 0 atom stereocenters. The van der Waals surface area contributed by atoms with Crippen LogP contribution in [-0.2, 0) is 29.1 Å². The van der Waals surface area contributed by atoms with Crippen molar-refractivity contribution >= 4 is 24.4 Å². The van der Waals surface area contributed by atoms with Gasteiger partial charge in [0.05, 0.1) is 0 Å². The van der Waals surface area contributed by atoms with Gasteiger partial charge in [-0.15, -0.1) is 29.7 Å². The van der Waals surface area contributed by atoms with E-state index >= 15 is 0 Å². The van der Waals surface area contributed by atoms with Crippen LogP contribution < -0.4 is 12.4 Å². The van der Waals surface area contributed by atoms with Crippen molar-refractivity contribution in [3.05, 3.63) is 42.5 Å². The Balaban J connectivity index is -0.000000218. The minimum atomic E-state index is 0. The van der Waals surface area contributed by atoms with Crippen molar-refractivity contribution in [1.29, 1.82) is 0 Å². The summed E-state index contributed by atoms with van der Waals surface area (Å²) in [6.45, 7) is 4.00. The van der Waals surface area contributed by atoms with Gasteiger partial charge in [-0.05, 0) is 0 Å². The summed E-state index contributed by atoms with van der Waals surface area (Å²) in [6, 6.07) is 14.7. The zero-order chi connectivity index (χ0) is 10.1. The van der Waals surface area contributed by atoms with Crippen LogP contribution in [-0.4, -0.2) is 13.6 Å². The molecular weight excluding hydrogens is 301 g/mol. The first kappa shape index (κ1) is 19.6. The fourth-order valence-electron chi connectivity index (χ4n) is 1.07. The molecule has 2 aromatic rings. The van der Waals surface area contributed by atoms with Gasteiger partial charge >= 0.3 is 19.5 Å². The van der Waals surface area contributed by atoms with Gasteiger partial charge in [-0.2, -0.15) is 17.5 Å². The summed E-state index contributed by atoms with van der Waals surface area (Å²) in [6.07, 6.45) is 0. The number of rotatable bonds is 0. The van der Waals surface area contributed by atoms with Gasteiger partial charge in [0.25, 0.3) is 0 Å². The van der Waals surface area contributed by atoms with Crippen molar-refractivity contribution in [2.24, 2.45) is 0 Å². The summed E-state index contributed by atoms with van der Waals surface area (Å²) in [7, 11) is 0. The van der Waals surface area contributed by atoms with Crippen LogP contribution in [0.4, 0.5) is 0 Å². The Morgan fingerprint density at radius 2 is 1.47 bits per heavy atom. The van der Waals surface area contributed by atoms with Crippen molar-refractivity contribution < 1.29 is 41.5 Å². The van der Waals surface area contributed by atoms with Gasteiger partial charge in [0.2, 0.25) is 0 Å². The van der Waals surface area contributed by atoms with Crippen LogP contribution in [0.3, 0.4) is 0 Å². The number of fused-ring (bicyclic) bond motifs is 1. The monoisotopic (exact) mass is 312 g/mol. The molecule has 0 amide bonds. The summed E-state index contributed by atoms with van der Waals surface area (Å²) < 4.78 is 0. The average molecular weight is 312 g/mol. The fraction of sp³-hybridized carbons (Fsp3) is 0. The molecule has 0 aliphatic carbocycles. The molecule has 4 heteroatoms. The van der Waals surface area contributed by atoms with Gasteiger partial charge in [0, 0.05) is 0 Å². The van der Waals surface area contributed by atoms with E-state index in [2.05, 4.69) is 42.5 Å². The number of halogens is 1. The minimum Gasteiger partial charge on any atom is -1.00 e. The van der Waals surface area contributed by atoms with Crippen LogP contribution >= 0.6 is 0 Å². The summed E-state index contributed by atoms with van der Waals surface area (Å²) in [4.78, 5) is 16.0. The quantitative estimate of drug-likeness (QED) is 0.471. The SMILES string of the molecule is C=O.C=O.[Cl-].[Ru+2].c1ccc2[cH-]ccc2c1. The first-order valence-electron chi connectivity index (χ1n) is 3.65. The van der Waals surface area contributed by atoms with Gasteiger partial charge in [-0.25, -0.2) is 0 Å². The largest absolute Gasteiger partial charge is 2.00 e. The molecule has 0 N–H and O–H groups in total. The second-order valence-corrected chi connectivity index (χ2v) is 2.15. The van der Waals surface area contributed by atoms with E-state index in [9.17, 15) is 0 Å². The molecule has 0 aromatic heterocycles. The molecule has 15 heavy (non-hydrogen) atoms. The second-order valence-electron chi connectivity index (χ2n) is 2.15. The Labute approximate surface area is 108 Å². The van der Waals surface area contributed by atoms with E-state index in [0.717, 1.165) is 0 Å². The molecule has 2 nitrogen and oxygen atoms in total. The molecule has 2 aromatic carbocycles. The zero-order valence-electron chi connectivity index (χ0n) is 8.00. The number of hydrogen-bond donors (Lipinski definition) is 0. The van der Waals surface area contributed by atoms with Gasteiger partial charge < -0.3 is 22.0 Å². The van der Waals surface area contributed by atoms with E-state index in [1.165, 1.54) is 10.8 Å². The maximum absolute atomic E-state index is 8.00. The molecule has 0 saturated carbocycles. The van der Waals surface area contributed by atoms with Crippen molar-refractivity contribution in [2.75, 3.05) is 0 Å². The van der Waals surface area contributed by atoms with Gasteiger partial charge in [0.1, 0.15) is 13.6 Å². The van der Waals surface area contributed by atoms with Crippen LogP contribution in [0.25, 0.3) is 10.8 Å². The normalized spacial score (nSPS) is 6.67. The predicted octanol–water partition coefficient (Wildman–Crippen LogP) is -0.810. The maximum Gasteiger partial charge on any atom is 2.00 e. The third-order valence-corrected chi connectivity index (χ3v) is 1.55. The third-order valence-electron chi connectivity index (χ3n) is 1.55. The maximum atomic E-state index is 8.00. The number of carbonyl (C=O) groups excluding carboxylic acids is 2. The van der Waals surface area contributed by atoms with Crippen molar-refractivity contribution in [1.82, 2.24) is 0 Å². The van der Waals surface area contributed by atoms with Gasteiger partial charge in [0.15, 0.2) is 0 Å². The number of benzene rings is 1. The summed E-state index contributed by atoms with van der Waals surface area (Å²) in [5.74, 6) is 0. The fourth-order valence-corrected chi connectivity index (χ4v) is 1.07. The molecule has 0 saturated heterocycles. The molecule has 0 heterocycles. The number of hydrogen-bond acceptors (Lipinski definition) is 2. The molecule has 0 radical (unpaired) electrons. The van der Waals surface area contributed by atoms with E-state index in [1.54, 1.807) is 0 Å². The van der Waals surface area contributed by atoms with Crippen LogP contribution in [0.5, 0.6) is 0 Å². The first-order chi connectivity index (χ1) is 6.47. The Hall–Kier alpha value is -0.917. The summed E-state index contributed by atoms with van der Waals surface area (Å²) in [5.41, 5.74) is 0. The summed E-state index contributed by atoms with van der Waals surface area (Å²) in [5, 5.41) is 2.66. The second kappa shape index (κ2) is 13.1. The van der Waals surface area contributed by atoms with E-state index in [4.69, 9.17) is 9.59 Å². The molecular formula is C11H11ClO2Ru. The molecule has 0 spiro atoms. The van der Waals surface area contributed by atoms with Crippen molar-refractivity contribution in [3.63, 3.8) is 0 Å². The zero-order valence-corrected chi connectivity index (χ0v) is 10.5. The van der Waals surface area contributed by atoms with E-state index < -0.39 is 0 Å². The first-order valence-corrected chi connectivity index (χ1v) is 3.65. The molecule has 82 valence electrons. The van der Waals surface area contributed by atoms with Crippen LogP contribution in [0.2, 0.25) is 0 Å². The van der Waals surface area contributed by atoms with Crippen molar-refractivity contribution in [2.45, 2.75) is 0 Å². The molecule has 0 fully saturated rings. The van der Waals surface area contributed by atoms with Crippen molar-refractivity contribution in [3.8, 4) is 0 Å². The Morgan fingerprint density at radius 3 is 2.00 bits per heavy atom. The molecule has 0 aliphatic heterocycles. The van der Waals surface area contributed by atoms with Crippen LogP contribution in [0.1, 0.15) is 0 Å². The molecule has 0 unspecified atom stereocenters. The Bertz CT molecular complexity index is 317. The number of carbonyl (C=O) groups is 2. The molecule has 0 aliphatic rings. The van der Waals surface area contributed by atoms with Gasteiger partial charge in [-0.3, -0.25) is 0 Å². The average Bonchev–Trinajstić information content (AvgIpc) is 2.71. The predicted molar refractivity (Wildman–Crippen MR) is 53.8 cm³/mol. The van der Waals surface area contributed by atoms with E-state index in [0.29, 0.717) is 0 Å². The van der Waals surface area contributed by atoms with Crippen LogP contribution in [0.15, 0.2) is 42.5 Å². The Kier molecular flexibility index (Phi) is 17.1. The van der Waals surface area contributed by atoms with E-state index in [1.807, 2.05) is 13.6 Å². The smallest absolute Gasteiger partial charge is 1.00 e.